The van der Waals surface area contributed by atoms with Gasteiger partial charge in [0.2, 0.25) is 10.0 Å². The lowest BCUT2D eigenvalue weighted by Crippen LogP contribution is -2.33. The van der Waals surface area contributed by atoms with E-state index in [1.807, 2.05) is 39.8 Å². The van der Waals surface area contributed by atoms with E-state index in [2.05, 4.69) is 4.99 Å². The highest BCUT2D eigenvalue weighted by Crippen LogP contribution is 2.23. The minimum atomic E-state index is -3.66. The van der Waals surface area contributed by atoms with Crippen LogP contribution in [-0.4, -0.2) is 48.9 Å². The molecule has 10 heteroatoms. The highest BCUT2D eigenvalue weighted by molar-refractivity contribution is 7.89. The molecule has 0 radical (unpaired) electrons. The smallest absolute Gasteiger partial charge is 0.326 e. The molecule has 0 aliphatic heterocycles. The van der Waals surface area contributed by atoms with Crippen molar-refractivity contribution in [1.82, 2.24) is 8.87 Å². The molecular weight excluding hydrogens is 522 g/mol. The van der Waals surface area contributed by atoms with Gasteiger partial charge in [-0.1, -0.05) is 38.0 Å². The maximum absolute atomic E-state index is 13.2. The number of unbranched alkanes of at least 4 members (excludes halogenated alkanes) is 2. The minimum Gasteiger partial charge on any atom is -0.465 e. The number of aryl methyl sites for hydroxylation is 2. The number of rotatable bonds is 12. The Hall–Kier alpha value is -2.82. The van der Waals surface area contributed by atoms with E-state index in [-0.39, 0.29) is 23.6 Å². The number of amides is 1. The topological polar surface area (TPSA) is 98.0 Å². The molecule has 38 heavy (non-hydrogen) atoms. The Kier molecular flexibility index (Phi) is 10.4. The molecule has 3 rings (SSSR count). The van der Waals surface area contributed by atoms with Crippen LogP contribution >= 0.6 is 11.3 Å². The molecule has 3 aromatic rings. The number of esters is 1. The molecule has 0 N–H and O–H groups in total. The van der Waals surface area contributed by atoms with Gasteiger partial charge in [-0.15, -0.1) is 0 Å². The summed E-state index contributed by atoms with van der Waals surface area (Å²) in [6, 6.07) is 9.91. The molecule has 8 nitrogen and oxygen atoms in total. The molecule has 1 amide bonds. The Morgan fingerprint density at radius 1 is 0.974 bits per heavy atom. The second-order valence-electron chi connectivity index (χ2n) is 9.23. The molecule has 0 atom stereocenters. The van der Waals surface area contributed by atoms with Crippen molar-refractivity contribution in [2.24, 2.45) is 4.99 Å². The van der Waals surface area contributed by atoms with E-state index >= 15 is 0 Å². The normalized spacial score (nSPS) is 12.4. The number of aromatic nitrogens is 1. The van der Waals surface area contributed by atoms with E-state index < -0.39 is 21.9 Å². The lowest BCUT2D eigenvalue weighted by molar-refractivity contribution is -0.143. The van der Waals surface area contributed by atoms with Gasteiger partial charge in [-0.3, -0.25) is 9.59 Å². The molecule has 206 valence electrons. The Labute approximate surface area is 229 Å². The first kappa shape index (κ1) is 29.7. The lowest BCUT2D eigenvalue weighted by atomic mass is 10.1. The molecule has 1 aromatic heterocycles. The summed E-state index contributed by atoms with van der Waals surface area (Å²) in [5.74, 6) is -0.926. The molecule has 2 aromatic carbocycles. The molecule has 0 fully saturated rings. The van der Waals surface area contributed by atoms with Crippen molar-refractivity contribution in [2.45, 2.75) is 71.7 Å². The van der Waals surface area contributed by atoms with Crippen LogP contribution in [0.4, 0.5) is 0 Å². The maximum Gasteiger partial charge on any atom is 0.326 e. The number of ether oxygens (including phenoxy) is 1. The van der Waals surface area contributed by atoms with Gasteiger partial charge in [0.1, 0.15) is 6.54 Å². The van der Waals surface area contributed by atoms with Crippen LogP contribution in [0.2, 0.25) is 0 Å². The molecule has 0 aliphatic rings. The first-order valence-corrected chi connectivity index (χ1v) is 15.3. The number of sulfonamides is 1. The quantitative estimate of drug-likeness (QED) is 0.284. The third-order valence-corrected chi connectivity index (χ3v) is 9.30. The van der Waals surface area contributed by atoms with E-state index in [9.17, 15) is 18.0 Å². The zero-order valence-corrected chi connectivity index (χ0v) is 24.5. The third kappa shape index (κ3) is 6.98. The summed E-state index contributed by atoms with van der Waals surface area (Å²) in [7, 11) is -3.66. The Bertz CT molecular complexity index is 1450. The Balaban J connectivity index is 1.96. The van der Waals surface area contributed by atoms with E-state index in [4.69, 9.17) is 4.74 Å². The van der Waals surface area contributed by atoms with Crippen molar-refractivity contribution in [3.05, 3.63) is 57.9 Å². The minimum absolute atomic E-state index is 0.0645. The SMILES string of the molecule is CCCCN(CCCC)S(=O)(=O)c1ccc(C(=O)N=c2sc3cc(C)c(C)cc3n2CC(=O)OCC)cc1. The van der Waals surface area contributed by atoms with Crippen molar-refractivity contribution in [3.8, 4) is 0 Å². The van der Waals surface area contributed by atoms with Gasteiger partial charge in [0, 0.05) is 18.7 Å². The number of nitrogens with zero attached hydrogens (tertiary/aromatic N) is 3. The van der Waals surface area contributed by atoms with Gasteiger partial charge >= 0.3 is 5.97 Å². The Morgan fingerprint density at radius 3 is 2.16 bits per heavy atom. The zero-order valence-electron chi connectivity index (χ0n) is 22.8. The molecule has 1 heterocycles. The van der Waals surface area contributed by atoms with Crippen LogP contribution in [0.1, 0.15) is 67.9 Å². The summed E-state index contributed by atoms with van der Waals surface area (Å²) >= 11 is 1.32. The predicted octanol–water partition coefficient (Wildman–Crippen LogP) is 5.21. The van der Waals surface area contributed by atoms with Gasteiger partial charge in [-0.05, 0) is 81.1 Å². The van der Waals surface area contributed by atoms with Gasteiger partial charge in [-0.2, -0.15) is 9.30 Å². The number of hydrogen-bond acceptors (Lipinski definition) is 6. The first-order chi connectivity index (χ1) is 18.1. The van der Waals surface area contributed by atoms with Crippen LogP contribution in [0.5, 0.6) is 0 Å². The molecule has 0 bridgehead atoms. The monoisotopic (exact) mass is 559 g/mol. The van der Waals surface area contributed by atoms with E-state index in [1.54, 1.807) is 11.5 Å². The molecule has 0 saturated heterocycles. The van der Waals surface area contributed by atoms with Crippen LogP contribution in [0.15, 0.2) is 46.3 Å². The highest BCUT2D eigenvalue weighted by atomic mass is 32.2. The highest BCUT2D eigenvalue weighted by Gasteiger charge is 2.24. The summed E-state index contributed by atoms with van der Waals surface area (Å²) < 4.78 is 35.8. The van der Waals surface area contributed by atoms with Crippen molar-refractivity contribution < 1.29 is 22.7 Å². The molecule has 0 unspecified atom stereocenters. The van der Waals surface area contributed by atoms with Crippen molar-refractivity contribution in [1.29, 1.82) is 0 Å². The van der Waals surface area contributed by atoms with Gasteiger partial charge in [0.15, 0.2) is 4.80 Å². The van der Waals surface area contributed by atoms with E-state index in [0.29, 0.717) is 17.9 Å². The lowest BCUT2D eigenvalue weighted by Gasteiger charge is -2.22. The molecule has 0 saturated carbocycles. The summed E-state index contributed by atoms with van der Waals surface area (Å²) in [6.45, 7) is 10.9. The number of benzene rings is 2. The van der Waals surface area contributed by atoms with Crippen LogP contribution in [0.25, 0.3) is 10.2 Å². The largest absolute Gasteiger partial charge is 0.465 e. The first-order valence-electron chi connectivity index (χ1n) is 13.1. The second kappa shape index (κ2) is 13.3. The van der Waals surface area contributed by atoms with Crippen LogP contribution < -0.4 is 4.80 Å². The predicted molar refractivity (Wildman–Crippen MR) is 151 cm³/mol. The average molecular weight is 560 g/mol. The van der Waals surface area contributed by atoms with Crippen LogP contribution in [0, 0.1) is 13.8 Å². The van der Waals surface area contributed by atoms with Crippen molar-refractivity contribution in [2.75, 3.05) is 19.7 Å². The van der Waals surface area contributed by atoms with Crippen LogP contribution in [-0.2, 0) is 26.1 Å². The molecule has 0 aliphatic carbocycles. The Morgan fingerprint density at radius 2 is 1.58 bits per heavy atom. The standard InChI is InChI=1S/C28H37N3O5S2/c1-6-9-15-30(16-10-7-2)38(34,35)23-13-11-22(12-14-23)27(33)29-28-31(19-26(32)36-8-3)24-17-20(4)21(5)18-25(24)37-28/h11-14,17-18H,6-10,15-16,19H2,1-5H3. The van der Waals surface area contributed by atoms with Crippen molar-refractivity contribution in [3.63, 3.8) is 0 Å². The number of carbonyl (C=O) groups is 2. The van der Waals surface area contributed by atoms with Crippen molar-refractivity contribution >= 4 is 43.5 Å². The fourth-order valence-corrected chi connectivity index (χ4v) is 6.61. The fraction of sp³-hybridized carbons (Fsp3) is 0.464. The van der Waals surface area contributed by atoms with Crippen LogP contribution in [0.3, 0.4) is 0 Å². The molecular formula is C28H37N3O5S2. The fourth-order valence-electron chi connectivity index (χ4n) is 3.99. The number of hydrogen-bond donors (Lipinski definition) is 0. The van der Waals surface area contributed by atoms with Gasteiger partial charge in [0.25, 0.3) is 5.91 Å². The maximum atomic E-state index is 13.2. The number of fused-ring (bicyclic) bond motifs is 1. The number of thiazole rings is 1. The zero-order chi connectivity index (χ0) is 27.9. The summed E-state index contributed by atoms with van der Waals surface area (Å²) in [4.78, 5) is 30.3. The average Bonchev–Trinajstić information content (AvgIpc) is 3.19. The number of carbonyl (C=O) groups excluding carboxylic acids is 2. The van der Waals surface area contributed by atoms with Gasteiger partial charge < -0.3 is 9.30 Å². The summed E-state index contributed by atoms with van der Waals surface area (Å²) in [5, 5.41) is 0. The molecule has 0 spiro atoms. The van der Waals surface area contributed by atoms with E-state index in [1.165, 1.54) is 39.9 Å². The second-order valence-corrected chi connectivity index (χ2v) is 12.2. The third-order valence-electron chi connectivity index (χ3n) is 6.35. The van der Waals surface area contributed by atoms with Gasteiger partial charge in [-0.25, -0.2) is 8.42 Å². The van der Waals surface area contributed by atoms with Gasteiger partial charge in [0.05, 0.1) is 21.7 Å². The summed E-state index contributed by atoms with van der Waals surface area (Å²) in [5.41, 5.74) is 3.24. The van der Waals surface area contributed by atoms with E-state index in [0.717, 1.165) is 47.0 Å². The summed E-state index contributed by atoms with van der Waals surface area (Å²) in [6.07, 6.45) is 3.39.